The molecule has 0 amide bonds. The highest BCUT2D eigenvalue weighted by molar-refractivity contribution is 9.11. The van der Waals surface area contributed by atoms with E-state index in [1.165, 1.54) is 22.5 Å². The Hall–Kier alpha value is -0.940. The van der Waals surface area contributed by atoms with Gasteiger partial charge in [0.25, 0.3) is 5.19 Å². The molecule has 1 heterocycles. The van der Waals surface area contributed by atoms with E-state index in [1.54, 1.807) is 0 Å². The molecule has 90 valence electrons. The summed E-state index contributed by atoms with van der Waals surface area (Å²) in [6.45, 7) is 6.47. The van der Waals surface area contributed by atoms with Crippen molar-refractivity contribution >= 4 is 27.3 Å². The van der Waals surface area contributed by atoms with Crippen LogP contribution in [0.15, 0.2) is 22.1 Å². The first kappa shape index (κ1) is 12.5. The van der Waals surface area contributed by atoms with Gasteiger partial charge in [-0.25, -0.2) is 0 Å². The molecule has 0 aliphatic heterocycles. The second kappa shape index (κ2) is 5.14. The lowest BCUT2D eigenvalue weighted by atomic mass is 9.98. The van der Waals surface area contributed by atoms with Gasteiger partial charge >= 0.3 is 0 Å². The third-order valence-electron chi connectivity index (χ3n) is 2.45. The first-order chi connectivity index (χ1) is 8.06. The molecule has 0 N–H and O–H groups in total. The van der Waals surface area contributed by atoms with E-state index in [0.29, 0.717) is 11.1 Å². The zero-order chi connectivity index (χ0) is 12.4. The number of halogens is 1. The minimum atomic E-state index is 0.528. The Morgan fingerprint density at radius 3 is 2.59 bits per heavy atom. The van der Waals surface area contributed by atoms with Crippen LogP contribution in [0.25, 0.3) is 0 Å². The highest BCUT2D eigenvalue weighted by Crippen LogP contribution is 2.30. The van der Waals surface area contributed by atoms with Crippen molar-refractivity contribution in [2.45, 2.75) is 26.7 Å². The van der Waals surface area contributed by atoms with E-state index in [4.69, 9.17) is 4.74 Å². The molecule has 3 nitrogen and oxygen atoms in total. The number of hydrogen-bond acceptors (Lipinski definition) is 4. The van der Waals surface area contributed by atoms with Gasteiger partial charge in [0.15, 0.2) is 3.92 Å². The predicted octanol–water partition coefficient (Wildman–Crippen LogP) is 4.52. The maximum atomic E-state index is 5.63. The average molecular weight is 313 g/mol. The van der Waals surface area contributed by atoms with E-state index in [0.717, 1.165) is 9.67 Å². The molecular formula is C12H13BrN2OS. The fourth-order valence-corrected chi connectivity index (χ4v) is 2.63. The van der Waals surface area contributed by atoms with Crippen molar-refractivity contribution in [3.8, 4) is 10.9 Å². The van der Waals surface area contributed by atoms with Crippen LogP contribution in [0.2, 0.25) is 0 Å². The van der Waals surface area contributed by atoms with Crippen LogP contribution in [0.5, 0.6) is 10.9 Å². The zero-order valence-corrected chi connectivity index (χ0v) is 12.3. The molecule has 5 heteroatoms. The lowest BCUT2D eigenvalue weighted by Crippen LogP contribution is -1.92. The van der Waals surface area contributed by atoms with Gasteiger partial charge in [-0.15, -0.1) is 5.10 Å². The van der Waals surface area contributed by atoms with Crippen LogP contribution in [0.1, 0.15) is 30.9 Å². The van der Waals surface area contributed by atoms with Gasteiger partial charge in [0.05, 0.1) is 0 Å². The number of nitrogens with zero attached hydrogens (tertiary/aromatic N) is 2. The van der Waals surface area contributed by atoms with Gasteiger partial charge < -0.3 is 4.74 Å². The summed E-state index contributed by atoms with van der Waals surface area (Å²) in [7, 11) is 0. The Morgan fingerprint density at radius 2 is 2.06 bits per heavy atom. The summed E-state index contributed by atoms with van der Waals surface area (Å²) in [6.07, 6.45) is 0. The number of hydrogen-bond donors (Lipinski definition) is 0. The molecule has 0 saturated carbocycles. The maximum absolute atomic E-state index is 5.63. The topological polar surface area (TPSA) is 35.0 Å². The molecule has 0 aliphatic rings. The van der Waals surface area contributed by atoms with Crippen molar-refractivity contribution in [3.63, 3.8) is 0 Å². The second-order valence-electron chi connectivity index (χ2n) is 4.10. The van der Waals surface area contributed by atoms with Crippen LogP contribution >= 0.6 is 27.3 Å². The number of aromatic nitrogens is 2. The number of aryl methyl sites for hydroxylation is 1. The van der Waals surface area contributed by atoms with Crippen molar-refractivity contribution in [3.05, 3.63) is 33.2 Å². The van der Waals surface area contributed by atoms with Crippen LogP contribution in [-0.2, 0) is 0 Å². The average Bonchev–Trinajstić information content (AvgIpc) is 2.63. The zero-order valence-electron chi connectivity index (χ0n) is 9.90. The molecule has 0 saturated heterocycles. The summed E-state index contributed by atoms with van der Waals surface area (Å²) in [6, 6.07) is 6.10. The monoisotopic (exact) mass is 312 g/mol. The number of rotatable bonds is 3. The molecule has 0 fully saturated rings. The summed E-state index contributed by atoms with van der Waals surface area (Å²) in [5.41, 5.74) is 2.58. The molecule has 0 bridgehead atoms. The van der Waals surface area contributed by atoms with E-state index in [1.807, 2.05) is 12.1 Å². The van der Waals surface area contributed by atoms with Gasteiger partial charge in [-0.1, -0.05) is 25.0 Å². The molecule has 2 aromatic rings. The third kappa shape index (κ3) is 3.04. The molecular weight excluding hydrogens is 300 g/mol. The summed E-state index contributed by atoms with van der Waals surface area (Å²) in [5, 5.41) is 8.29. The van der Waals surface area contributed by atoms with E-state index in [9.17, 15) is 0 Å². The van der Waals surface area contributed by atoms with Crippen molar-refractivity contribution in [1.29, 1.82) is 0 Å². The van der Waals surface area contributed by atoms with Gasteiger partial charge in [-0.05, 0) is 63.4 Å². The fourth-order valence-electron chi connectivity index (χ4n) is 1.69. The number of benzene rings is 1. The van der Waals surface area contributed by atoms with Gasteiger partial charge in [-0.2, -0.15) is 0 Å². The maximum Gasteiger partial charge on any atom is 0.300 e. The Bertz CT molecular complexity index is 525. The van der Waals surface area contributed by atoms with E-state index < -0.39 is 0 Å². The lowest BCUT2D eigenvalue weighted by molar-refractivity contribution is 0.472. The normalized spacial score (nSPS) is 10.9. The van der Waals surface area contributed by atoms with Gasteiger partial charge in [0.2, 0.25) is 0 Å². The van der Waals surface area contributed by atoms with Crippen molar-refractivity contribution in [2.24, 2.45) is 0 Å². The SMILES string of the molecule is Cc1cc(Oc2nnc(Br)s2)ccc1C(C)C. The molecule has 1 aromatic heterocycles. The van der Waals surface area contributed by atoms with Crippen molar-refractivity contribution < 1.29 is 4.74 Å². The van der Waals surface area contributed by atoms with Crippen LogP contribution in [0, 0.1) is 6.92 Å². The van der Waals surface area contributed by atoms with E-state index in [2.05, 4.69) is 53.0 Å². The molecule has 1 aromatic carbocycles. The molecule has 0 spiro atoms. The molecule has 0 unspecified atom stereocenters. The lowest BCUT2D eigenvalue weighted by Gasteiger charge is -2.10. The smallest absolute Gasteiger partial charge is 0.300 e. The van der Waals surface area contributed by atoms with Crippen molar-refractivity contribution in [1.82, 2.24) is 10.2 Å². The highest BCUT2D eigenvalue weighted by Gasteiger charge is 2.07. The molecule has 17 heavy (non-hydrogen) atoms. The molecule has 0 aliphatic carbocycles. The first-order valence-electron chi connectivity index (χ1n) is 5.33. The van der Waals surface area contributed by atoms with Crippen LogP contribution in [0.3, 0.4) is 0 Å². The second-order valence-corrected chi connectivity index (χ2v) is 6.31. The fraction of sp³-hybridized carbons (Fsp3) is 0.333. The quantitative estimate of drug-likeness (QED) is 0.835. The first-order valence-corrected chi connectivity index (χ1v) is 6.94. The van der Waals surface area contributed by atoms with Gasteiger partial charge in [0, 0.05) is 0 Å². The Labute approximate surface area is 113 Å². The standard InChI is InChI=1S/C12H13BrN2OS/c1-7(2)10-5-4-9(6-8(10)3)16-12-15-14-11(13)17-12/h4-7H,1-3H3. The van der Waals surface area contributed by atoms with E-state index >= 15 is 0 Å². The Balaban J connectivity index is 2.20. The summed E-state index contributed by atoms with van der Waals surface area (Å²) < 4.78 is 6.35. The van der Waals surface area contributed by atoms with Gasteiger partial charge in [0.1, 0.15) is 5.75 Å². The van der Waals surface area contributed by atoms with Crippen LogP contribution in [-0.4, -0.2) is 10.2 Å². The third-order valence-corrected chi connectivity index (χ3v) is 3.68. The molecule has 0 radical (unpaired) electrons. The summed E-state index contributed by atoms with van der Waals surface area (Å²) >= 11 is 4.63. The Morgan fingerprint density at radius 1 is 1.29 bits per heavy atom. The van der Waals surface area contributed by atoms with Crippen LogP contribution in [0.4, 0.5) is 0 Å². The minimum absolute atomic E-state index is 0.528. The summed E-state index contributed by atoms with van der Waals surface area (Å²) in [4.78, 5) is 0. The van der Waals surface area contributed by atoms with E-state index in [-0.39, 0.29) is 0 Å². The predicted molar refractivity (Wildman–Crippen MR) is 73.0 cm³/mol. The Kier molecular flexibility index (Phi) is 3.79. The molecule has 2 rings (SSSR count). The summed E-state index contributed by atoms with van der Waals surface area (Å²) in [5.74, 6) is 1.33. The highest BCUT2D eigenvalue weighted by atomic mass is 79.9. The van der Waals surface area contributed by atoms with Crippen molar-refractivity contribution in [2.75, 3.05) is 0 Å². The van der Waals surface area contributed by atoms with Gasteiger partial charge in [-0.3, -0.25) is 0 Å². The number of ether oxygens (including phenoxy) is 1. The molecule has 0 atom stereocenters. The minimum Gasteiger partial charge on any atom is -0.430 e. The van der Waals surface area contributed by atoms with Crippen LogP contribution < -0.4 is 4.74 Å². The largest absolute Gasteiger partial charge is 0.430 e.